The lowest BCUT2D eigenvalue weighted by molar-refractivity contribution is -0.142. The zero-order valence-electron chi connectivity index (χ0n) is 12.9. The molecule has 0 unspecified atom stereocenters. The standard InChI is InChI=1S/C15H19BrFNO4/c1-15(2,3)22-14(21)18(4)12(13(19)20)8-9-7-10(17)5-6-11(9)16/h5-7,12H,8H2,1-4H3,(H,19,20)/t12-/m0/s1. The van der Waals surface area contributed by atoms with E-state index >= 15 is 0 Å². The second-order valence-electron chi connectivity index (χ2n) is 5.89. The van der Waals surface area contributed by atoms with Crippen molar-refractivity contribution in [3.8, 4) is 0 Å². The minimum absolute atomic E-state index is 0.0383. The molecule has 5 nitrogen and oxygen atoms in total. The van der Waals surface area contributed by atoms with Crippen LogP contribution < -0.4 is 0 Å². The van der Waals surface area contributed by atoms with E-state index < -0.39 is 29.5 Å². The summed E-state index contributed by atoms with van der Waals surface area (Å²) in [5.74, 6) is -1.66. The molecule has 1 aromatic rings. The zero-order valence-corrected chi connectivity index (χ0v) is 14.5. The number of carbonyl (C=O) groups is 2. The van der Waals surface area contributed by atoms with Gasteiger partial charge in [-0.3, -0.25) is 4.90 Å². The number of carbonyl (C=O) groups excluding carboxylic acids is 1. The smallest absolute Gasteiger partial charge is 0.410 e. The fourth-order valence-electron chi connectivity index (χ4n) is 1.76. The lowest BCUT2D eigenvalue weighted by Crippen LogP contribution is -2.46. The van der Waals surface area contributed by atoms with E-state index in [2.05, 4.69) is 15.9 Å². The van der Waals surface area contributed by atoms with Gasteiger partial charge in [-0.05, 0) is 44.5 Å². The number of rotatable bonds is 4. The van der Waals surface area contributed by atoms with Crippen molar-refractivity contribution in [3.05, 3.63) is 34.1 Å². The van der Waals surface area contributed by atoms with Crippen LogP contribution in [0.15, 0.2) is 22.7 Å². The molecule has 0 saturated heterocycles. The number of hydrogen-bond acceptors (Lipinski definition) is 3. The number of carboxylic acids is 1. The van der Waals surface area contributed by atoms with Gasteiger partial charge in [-0.15, -0.1) is 0 Å². The van der Waals surface area contributed by atoms with E-state index in [1.165, 1.54) is 25.2 Å². The summed E-state index contributed by atoms with van der Waals surface area (Å²) < 4.78 is 19.0. The molecule has 1 N–H and O–H groups in total. The van der Waals surface area contributed by atoms with Gasteiger partial charge in [0.15, 0.2) is 0 Å². The van der Waals surface area contributed by atoms with E-state index in [4.69, 9.17) is 4.74 Å². The molecule has 0 aliphatic rings. The molecule has 122 valence electrons. The first-order valence-electron chi connectivity index (χ1n) is 6.64. The van der Waals surface area contributed by atoms with E-state index in [-0.39, 0.29) is 6.42 Å². The van der Waals surface area contributed by atoms with Crippen molar-refractivity contribution in [3.63, 3.8) is 0 Å². The van der Waals surface area contributed by atoms with Crippen molar-refractivity contribution < 1.29 is 23.8 Å². The van der Waals surface area contributed by atoms with Gasteiger partial charge in [0.1, 0.15) is 17.5 Å². The summed E-state index contributed by atoms with van der Waals surface area (Å²) in [5.41, 5.74) is -0.267. The van der Waals surface area contributed by atoms with E-state index in [1.54, 1.807) is 20.8 Å². The number of likely N-dealkylation sites (N-methyl/N-ethyl adjacent to an activating group) is 1. The largest absolute Gasteiger partial charge is 0.480 e. The van der Waals surface area contributed by atoms with Crippen LogP contribution in [0.5, 0.6) is 0 Å². The highest BCUT2D eigenvalue weighted by molar-refractivity contribution is 9.10. The molecule has 0 aliphatic heterocycles. The van der Waals surface area contributed by atoms with E-state index in [0.717, 1.165) is 4.90 Å². The number of hydrogen-bond donors (Lipinski definition) is 1. The molecule has 0 fully saturated rings. The Balaban J connectivity index is 2.96. The van der Waals surface area contributed by atoms with E-state index in [1.807, 2.05) is 0 Å². The Morgan fingerprint density at radius 2 is 2.00 bits per heavy atom. The van der Waals surface area contributed by atoms with Crippen molar-refractivity contribution in [2.24, 2.45) is 0 Å². The molecule has 0 radical (unpaired) electrons. The van der Waals surface area contributed by atoms with Gasteiger partial charge < -0.3 is 9.84 Å². The molecule has 0 heterocycles. The summed E-state index contributed by atoms with van der Waals surface area (Å²) in [6.45, 7) is 5.08. The van der Waals surface area contributed by atoms with Crippen LogP contribution in [-0.4, -0.2) is 40.8 Å². The maximum Gasteiger partial charge on any atom is 0.410 e. The first-order chi connectivity index (χ1) is 10.0. The van der Waals surface area contributed by atoms with E-state index in [9.17, 15) is 19.1 Å². The van der Waals surface area contributed by atoms with Crippen molar-refractivity contribution in [2.75, 3.05) is 7.05 Å². The van der Waals surface area contributed by atoms with Gasteiger partial charge in [-0.2, -0.15) is 0 Å². The first kappa shape index (κ1) is 18.4. The van der Waals surface area contributed by atoms with Gasteiger partial charge in [0.25, 0.3) is 0 Å². The minimum Gasteiger partial charge on any atom is -0.480 e. The first-order valence-corrected chi connectivity index (χ1v) is 7.43. The summed E-state index contributed by atoms with van der Waals surface area (Å²) in [6, 6.07) is 2.84. The van der Waals surface area contributed by atoms with Gasteiger partial charge in [0.2, 0.25) is 0 Å². The third kappa shape index (κ3) is 5.29. The van der Waals surface area contributed by atoms with Crippen LogP contribution in [0.3, 0.4) is 0 Å². The zero-order chi connectivity index (χ0) is 17.1. The average Bonchev–Trinajstić information content (AvgIpc) is 2.36. The van der Waals surface area contributed by atoms with Gasteiger partial charge in [0, 0.05) is 17.9 Å². The molecular weight excluding hydrogens is 357 g/mol. The number of ether oxygens (including phenoxy) is 1. The van der Waals surface area contributed by atoms with Crippen LogP contribution in [-0.2, 0) is 16.0 Å². The monoisotopic (exact) mass is 375 g/mol. The molecular formula is C15H19BrFNO4. The highest BCUT2D eigenvalue weighted by atomic mass is 79.9. The molecule has 22 heavy (non-hydrogen) atoms. The third-order valence-corrected chi connectivity index (χ3v) is 3.63. The molecule has 1 rings (SSSR count). The quantitative estimate of drug-likeness (QED) is 0.874. The van der Waals surface area contributed by atoms with Crippen molar-refractivity contribution in [1.29, 1.82) is 0 Å². The second kappa shape index (κ2) is 7.09. The number of aliphatic carboxylic acids is 1. The van der Waals surface area contributed by atoms with Crippen molar-refractivity contribution >= 4 is 28.0 Å². The fourth-order valence-corrected chi connectivity index (χ4v) is 2.17. The van der Waals surface area contributed by atoms with Crippen LogP contribution in [0.1, 0.15) is 26.3 Å². The van der Waals surface area contributed by atoms with Gasteiger partial charge in [-0.1, -0.05) is 15.9 Å². The summed E-state index contributed by atoms with van der Waals surface area (Å²) >= 11 is 3.25. The number of halogens is 2. The predicted molar refractivity (Wildman–Crippen MR) is 83.2 cm³/mol. The average molecular weight is 376 g/mol. The topological polar surface area (TPSA) is 66.8 Å². The van der Waals surface area contributed by atoms with Gasteiger partial charge >= 0.3 is 12.1 Å². The molecule has 1 atom stereocenters. The number of carboxylic acid groups (broad SMARTS) is 1. The summed E-state index contributed by atoms with van der Waals surface area (Å²) in [4.78, 5) is 24.5. The Morgan fingerprint density at radius 3 is 2.50 bits per heavy atom. The normalized spacial score (nSPS) is 12.6. The molecule has 0 bridgehead atoms. The maximum atomic E-state index is 13.3. The van der Waals surface area contributed by atoms with Crippen LogP contribution in [0.2, 0.25) is 0 Å². The number of benzene rings is 1. The Kier molecular flexibility index (Phi) is 5.93. The summed E-state index contributed by atoms with van der Waals surface area (Å²) in [6.07, 6.45) is -0.781. The molecule has 1 amide bonds. The Hall–Kier alpha value is -1.63. The Bertz CT molecular complexity index is 571. The predicted octanol–water partition coefficient (Wildman–Crippen LogP) is 3.45. The van der Waals surface area contributed by atoms with Gasteiger partial charge in [0.05, 0.1) is 0 Å². The second-order valence-corrected chi connectivity index (χ2v) is 6.74. The number of nitrogens with zero attached hydrogens (tertiary/aromatic N) is 1. The lowest BCUT2D eigenvalue weighted by Gasteiger charge is -2.28. The van der Waals surface area contributed by atoms with Crippen LogP contribution in [0.25, 0.3) is 0 Å². The highest BCUT2D eigenvalue weighted by Crippen LogP contribution is 2.21. The molecule has 0 saturated carbocycles. The summed E-state index contributed by atoms with van der Waals surface area (Å²) in [7, 11) is 1.35. The molecule has 7 heteroatoms. The lowest BCUT2D eigenvalue weighted by atomic mass is 10.1. The SMILES string of the molecule is CN(C(=O)OC(C)(C)C)[C@@H](Cc1cc(F)ccc1Br)C(=O)O. The van der Waals surface area contributed by atoms with Gasteiger partial charge in [-0.25, -0.2) is 14.0 Å². The fraction of sp³-hybridized carbons (Fsp3) is 0.467. The Morgan fingerprint density at radius 1 is 1.41 bits per heavy atom. The minimum atomic E-state index is -1.19. The maximum absolute atomic E-state index is 13.3. The van der Waals surface area contributed by atoms with Crippen molar-refractivity contribution in [1.82, 2.24) is 4.90 Å². The molecule has 0 spiro atoms. The van der Waals surface area contributed by atoms with Crippen molar-refractivity contribution in [2.45, 2.75) is 38.8 Å². The highest BCUT2D eigenvalue weighted by Gasteiger charge is 2.30. The number of amides is 1. The van der Waals surface area contributed by atoms with Crippen LogP contribution in [0.4, 0.5) is 9.18 Å². The molecule has 1 aromatic carbocycles. The van der Waals surface area contributed by atoms with E-state index in [0.29, 0.717) is 10.0 Å². The Labute approximate surface area is 137 Å². The summed E-state index contributed by atoms with van der Waals surface area (Å²) in [5, 5.41) is 9.35. The van der Waals surface area contributed by atoms with Crippen LogP contribution >= 0.6 is 15.9 Å². The molecule has 0 aromatic heterocycles. The third-order valence-electron chi connectivity index (χ3n) is 2.86. The molecule has 0 aliphatic carbocycles. The van der Waals surface area contributed by atoms with Crippen LogP contribution in [0, 0.1) is 5.82 Å².